The van der Waals surface area contributed by atoms with Gasteiger partial charge in [-0.2, -0.15) is 0 Å². The monoisotopic (exact) mass is 491 g/mol. The molecule has 0 amide bonds. The molecule has 0 radical (unpaired) electrons. The second-order valence-corrected chi connectivity index (χ2v) is 9.03. The van der Waals surface area contributed by atoms with Gasteiger partial charge >= 0.3 is 19.8 Å². The first-order chi connectivity index (χ1) is 15.8. The van der Waals surface area contributed by atoms with Gasteiger partial charge in [-0.15, -0.1) is 0 Å². The molecule has 0 spiro atoms. The summed E-state index contributed by atoms with van der Waals surface area (Å²) in [4.78, 5) is 32.7. The Balaban J connectivity index is 4.05. The van der Waals surface area contributed by atoms with Crippen molar-refractivity contribution in [3.8, 4) is 0 Å². The van der Waals surface area contributed by atoms with Crippen LogP contribution in [0.2, 0.25) is 0 Å². The molecule has 0 aromatic rings. The van der Waals surface area contributed by atoms with Gasteiger partial charge < -0.3 is 20.1 Å². The van der Waals surface area contributed by atoms with Crippen LogP contribution in [0.3, 0.4) is 0 Å². The molecule has 0 bridgehead atoms. The number of phosphoric acid groups is 1. The zero-order chi connectivity index (χ0) is 24.8. The lowest BCUT2D eigenvalue weighted by atomic mass is 10.1. The number of esters is 2. The fraction of sp³-hybridized carbons (Fsp3) is 0.739. The van der Waals surface area contributed by atoms with Crippen LogP contribution in [0, 0.1) is 0 Å². The summed E-state index contributed by atoms with van der Waals surface area (Å²) in [7, 11) is -4.32. The minimum absolute atomic E-state index is 0.0488. The number of hydrogen-bond donors (Lipinski definition) is 2. The molecule has 0 saturated carbocycles. The zero-order valence-corrected chi connectivity index (χ0v) is 21.0. The third-order valence-corrected chi connectivity index (χ3v) is 5.36. The highest BCUT2D eigenvalue weighted by Gasteiger charge is 2.25. The Hall–Kier alpha value is -1.51. The number of nitrogens with two attached hydrogens (primary N) is 1. The summed E-state index contributed by atoms with van der Waals surface area (Å²) in [6, 6.07) is 0. The molecule has 0 saturated heterocycles. The van der Waals surface area contributed by atoms with Crippen LogP contribution >= 0.6 is 7.82 Å². The van der Waals surface area contributed by atoms with E-state index < -0.39 is 32.5 Å². The maximum atomic E-state index is 12.1. The molecule has 3 N–H and O–H groups in total. The van der Waals surface area contributed by atoms with Gasteiger partial charge in [0.2, 0.25) is 0 Å². The van der Waals surface area contributed by atoms with Gasteiger partial charge in [-0.3, -0.25) is 18.6 Å². The van der Waals surface area contributed by atoms with Crippen LogP contribution in [0.25, 0.3) is 0 Å². The van der Waals surface area contributed by atoms with Crippen molar-refractivity contribution in [1.29, 1.82) is 0 Å². The Morgan fingerprint density at radius 2 is 1.64 bits per heavy atom. The number of carbonyl (C=O) groups excluding carboxylic acids is 2. The first-order valence-electron chi connectivity index (χ1n) is 11.8. The Morgan fingerprint density at radius 3 is 2.30 bits per heavy atom. The van der Waals surface area contributed by atoms with Crippen LogP contribution in [0.15, 0.2) is 24.3 Å². The average molecular weight is 492 g/mol. The lowest BCUT2D eigenvalue weighted by molar-refractivity contribution is -0.160. The van der Waals surface area contributed by atoms with Gasteiger partial charge in [0.15, 0.2) is 6.10 Å². The molecule has 33 heavy (non-hydrogen) atoms. The summed E-state index contributed by atoms with van der Waals surface area (Å²) in [5, 5.41) is 0. The average Bonchev–Trinajstić information content (AvgIpc) is 2.77. The molecule has 0 fully saturated rings. The van der Waals surface area contributed by atoms with Crippen LogP contribution in [-0.4, -0.2) is 49.3 Å². The summed E-state index contributed by atoms with van der Waals surface area (Å²) in [6.07, 6.45) is 17.2. The van der Waals surface area contributed by atoms with E-state index in [2.05, 4.69) is 35.8 Å². The quantitative estimate of drug-likeness (QED) is 0.102. The molecule has 0 rings (SSSR count). The molecule has 10 heteroatoms. The van der Waals surface area contributed by atoms with Crippen molar-refractivity contribution >= 4 is 19.8 Å². The van der Waals surface area contributed by atoms with E-state index in [1.54, 1.807) is 0 Å². The third kappa shape index (κ3) is 22.1. The maximum absolute atomic E-state index is 12.1. The Bertz CT molecular complexity index is 624. The molecule has 9 nitrogen and oxygen atoms in total. The van der Waals surface area contributed by atoms with E-state index in [4.69, 9.17) is 19.7 Å². The van der Waals surface area contributed by atoms with E-state index in [9.17, 15) is 19.0 Å². The van der Waals surface area contributed by atoms with Gasteiger partial charge in [0, 0.05) is 19.9 Å². The zero-order valence-electron chi connectivity index (χ0n) is 20.1. The van der Waals surface area contributed by atoms with Crippen LogP contribution in [0.4, 0.5) is 0 Å². The number of phosphoric ester groups is 1. The molecule has 0 aliphatic rings. The number of carbonyl (C=O) groups is 2. The molecule has 0 aromatic heterocycles. The molecule has 0 aromatic carbocycles. The highest BCUT2D eigenvalue weighted by Crippen LogP contribution is 2.43. The van der Waals surface area contributed by atoms with Crippen LogP contribution < -0.4 is 5.73 Å². The Labute approximate surface area is 198 Å². The lowest BCUT2D eigenvalue weighted by Crippen LogP contribution is -2.29. The topological polar surface area (TPSA) is 134 Å². The molecular formula is C23H42NO8P. The minimum atomic E-state index is -4.32. The summed E-state index contributed by atoms with van der Waals surface area (Å²) in [5.74, 6) is -1.05. The predicted octanol–water partition coefficient (Wildman–Crippen LogP) is 4.59. The van der Waals surface area contributed by atoms with Crippen LogP contribution in [0.5, 0.6) is 0 Å². The maximum Gasteiger partial charge on any atom is 0.472 e. The van der Waals surface area contributed by atoms with Crippen molar-refractivity contribution in [3.63, 3.8) is 0 Å². The van der Waals surface area contributed by atoms with Gasteiger partial charge in [0.1, 0.15) is 6.61 Å². The van der Waals surface area contributed by atoms with Crippen LogP contribution in [0.1, 0.15) is 78.1 Å². The lowest BCUT2D eigenvalue weighted by Gasteiger charge is -2.19. The van der Waals surface area contributed by atoms with Crippen molar-refractivity contribution in [2.45, 2.75) is 84.2 Å². The Kier molecular flexibility index (Phi) is 20.1. The first-order valence-corrected chi connectivity index (χ1v) is 13.2. The highest BCUT2D eigenvalue weighted by molar-refractivity contribution is 7.47. The molecule has 0 aliphatic carbocycles. The number of hydrogen-bond acceptors (Lipinski definition) is 8. The number of rotatable bonds is 21. The van der Waals surface area contributed by atoms with Crippen molar-refractivity contribution < 1.29 is 37.6 Å². The van der Waals surface area contributed by atoms with Gasteiger partial charge in [0.05, 0.1) is 13.2 Å². The van der Waals surface area contributed by atoms with Gasteiger partial charge in [0.25, 0.3) is 0 Å². The summed E-state index contributed by atoms with van der Waals surface area (Å²) >= 11 is 0. The molecular weight excluding hydrogens is 449 g/mol. The van der Waals surface area contributed by atoms with E-state index in [0.717, 1.165) is 44.9 Å². The second-order valence-electron chi connectivity index (χ2n) is 7.57. The molecule has 2 unspecified atom stereocenters. The van der Waals surface area contributed by atoms with E-state index in [1.165, 1.54) is 13.3 Å². The predicted molar refractivity (Wildman–Crippen MR) is 127 cm³/mol. The number of allylic oxidation sites excluding steroid dienone is 4. The fourth-order valence-corrected chi connectivity index (χ4v) is 3.45. The van der Waals surface area contributed by atoms with Gasteiger partial charge in [-0.05, 0) is 32.1 Å². The van der Waals surface area contributed by atoms with Gasteiger partial charge in [-0.25, -0.2) is 4.57 Å². The summed E-state index contributed by atoms with van der Waals surface area (Å²) < 4.78 is 31.2. The summed E-state index contributed by atoms with van der Waals surface area (Å²) in [5.41, 5.74) is 5.22. The highest BCUT2D eigenvalue weighted by atomic mass is 31.2. The molecule has 0 aliphatic heterocycles. The minimum Gasteiger partial charge on any atom is -0.462 e. The number of unbranched alkanes of at least 4 members (excludes halogenated alkanes) is 6. The van der Waals surface area contributed by atoms with E-state index >= 15 is 0 Å². The van der Waals surface area contributed by atoms with Gasteiger partial charge in [-0.1, -0.05) is 56.9 Å². The summed E-state index contributed by atoms with van der Waals surface area (Å²) in [6.45, 7) is 2.54. The van der Waals surface area contributed by atoms with Crippen molar-refractivity contribution in [2.75, 3.05) is 26.4 Å². The molecule has 2 atom stereocenters. The smallest absolute Gasteiger partial charge is 0.462 e. The second kappa shape index (κ2) is 21.1. The Morgan fingerprint density at radius 1 is 0.970 bits per heavy atom. The standard InChI is InChI=1S/C23H42NO8P/c1-3-4-5-6-7-8-9-10-11-12-13-14-15-16-23(26)32-22(19-29-21(2)25)20-31-33(27,28)30-18-17-24/h5-6,8-9,22H,3-4,7,10-20,24H2,1-2H3,(H,27,28)/b6-5-,9-8-. The molecule has 192 valence electrons. The number of ether oxygens (including phenoxy) is 2. The van der Waals surface area contributed by atoms with E-state index in [1.807, 2.05) is 0 Å². The van der Waals surface area contributed by atoms with E-state index in [0.29, 0.717) is 6.42 Å². The van der Waals surface area contributed by atoms with E-state index in [-0.39, 0.29) is 26.2 Å². The first kappa shape index (κ1) is 31.5. The van der Waals surface area contributed by atoms with Crippen molar-refractivity contribution in [2.24, 2.45) is 5.73 Å². The SMILES string of the molecule is CCC/C=C\C/C=C\CCCCCCCC(=O)OC(COC(C)=O)COP(=O)(O)OCCN. The van der Waals surface area contributed by atoms with Crippen LogP contribution in [-0.2, 0) is 32.7 Å². The largest absolute Gasteiger partial charge is 0.472 e. The van der Waals surface area contributed by atoms with Crippen molar-refractivity contribution in [3.05, 3.63) is 24.3 Å². The molecule has 0 heterocycles. The third-order valence-electron chi connectivity index (χ3n) is 4.38. The normalized spacial score (nSPS) is 14.4. The van der Waals surface area contributed by atoms with Crippen molar-refractivity contribution in [1.82, 2.24) is 0 Å². The fourth-order valence-electron chi connectivity index (χ4n) is 2.69.